The van der Waals surface area contributed by atoms with Crippen LogP contribution in [0, 0.1) is 0 Å². The molecule has 3 amide bonds. The number of carbonyl (C=O) groups is 2. The first kappa shape index (κ1) is 21.8. The van der Waals surface area contributed by atoms with Crippen molar-refractivity contribution in [2.75, 3.05) is 53.0 Å². The fraction of sp³-hybridized carbons (Fsp3) is 0.583. The fourth-order valence-electron chi connectivity index (χ4n) is 4.54. The Morgan fingerprint density at radius 1 is 1.06 bits per heavy atom. The first-order valence-corrected chi connectivity index (χ1v) is 11.2. The van der Waals surface area contributed by atoms with Crippen LogP contribution in [0.2, 0.25) is 0 Å². The van der Waals surface area contributed by atoms with Gasteiger partial charge in [0.15, 0.2) is 0 Å². The minimum Gasteiger partial charge on any atom is -0.379 e. The third-order valence-electron chi connectivity index (χ3n) is 6.55. The van der Waals surface area contributed by atoms with Crippen LogP contribution in [-0.4, -0.2) is 79.6 Å². The lowest BCUT2D eigenvalue weighted by molar-refractivity contribution is -0.125. The first-order valence-electron chi connectivity index (χ1n) is 11.2. The number of nitrogens with one attached hydrogen (secondary N) is 1. The van der Waals surface area contributed by atoms with Crippen molar-refractivity contribution in [3.05, 3.63) is 46.7 Å². The van der Waals surface area contributed by atoms with Crippen LogP contribution in [0.25, 0.3) is 0 Å². The number of morpholine rings is 1. The molecule has 0 aliphatic carbocycles. The summed E-state index contributed by atoms with van der Waals surface area (Å²) in [5, 5.41) is 3.03. The number of carbonyl (C=O) groups excluding carboxylic acids is 2. The number of ether oxygens (including phenoxy) is 1. The van der Waals surface area contributed by atoms with Gasteiger partial charge in [-0.2, -0.15) is 0 Å². The van der Waals surface area contributed by atoms with E-state index >= 15 is 0 Å². The molecule has 3 aliphatic rings. The van der Waals surface area contributed by atoms with Gasteiger partial charge in [0, 0.05) is 33.2 Å². The highest BCUT2D eigenvalue weighted by molar-refractivity contribution is 6.01. The van der Waals surface area contributed by atoms with Gasteiger partial charge in [0.25, 0.3) is 5.91 Å². The summed E-state index contributed by atoms with van der Waals surface area (Å²) in [6.45, 7) is 12.2. The molecule has 3 aliphatic heterocycles. The van der Waals surface area contributed by atoms with Crippen molar-refractivity contribution in [3.63, 3.8) is 0 Å². The molecular weight excluding hydrogens is 392 g/mol. The number of amides is 3. The van der Waals surface area contributed by atoms with Crippen molar-refractivity contribution in [1.82, 2.24) is 20.0 Å². The summed E-state index contributed by atoms with van der Waals surface area (Å²) in [5.74, 6) is 0.0359. The first-order chi connectivity index (χ1) is 14.8. The van der Waals surface area contributed by atoms with Gasteiger partial charge >= 0.3 is 6.03 Å². The lowest BCUT2D eigenvalue weighted by Crippen LogP contribution is -2.45. The molecule has 7 heteroatoms. The van der Waals surface area contributed by atoms with Gasteiger partial charge in [0.1, 0.15) is 0 Å². The maximum atomic E-state index is 13.3. The minimum absolute atomic E-state index is 0.0359. The molecule has 168 valence electrons. The summed E-state index contributed by atoms with van der Waals surface area (Å²) in [5.41, 5.74) is 3.76. The van der Waals surface area contributed by atoms with Gasteiger partial charge in [-0.25, -0.2) is 4.79 Å². The SMILES string of the molecule is CN1C(=O)N[C@@H](c2ccc(C(C)(C)C)cc2)C2=C1CN(CCCN1CCOCC1)C2=O. The Kier molecular flexibility index (Phi) is 6.08. The second kappa shape index (κ2) is 8.63. The molecule has 7 nitrogen and oxygen atoms in total. The summed E-state index contributed by atoms with van der Waals surface area (Å²) >= 11 is 0. The molecule has 0 bridgehead atoms. The van der Waals surface area contributed by atoms with Gasteiger partial charge in [-0.1, -0.05) is 45.0 Å². The number of nitrogens with zero attached hydrogens (tertiary/aromatic N) is 3. The molecule has 1 saturated heterocycles. The number of benzene rings is 1. The summed E-state index contributed by atoms with van der Waals surface area (Å²) < 4.78 is 5.40. The monoisotopic (exact) mass is 426 g/mol. The van der Waals surface area contributed by atoms with Crippen molar-refractivity contribution in [1.29, 1.82) is 0 Å². The van der Waals surface area contributed by atoms with E-state index in [1.807, 2.05) is 17.0 Å². The predicted octanol–water partition coefficient (Wildman–Crippen LogP) is 2.50. The summed E-state index contributed by atoms with van der Waals surface area (Å²) in [4.78, 5) is 31.8. The van der Waals surface area contributed by atoms with Crippen LogP contribution in [0.4, 0.5) is 4.79 Å². The summed E-state index contributed by atoms with van der Waals surface area (Å²) in [6.07, 6.45) is 0.919. The van der Waals surface area contributed by atoms with E-state index in [0.717, 1.165) is 50.5 Å². The highest BCUT2D eigenvalue weighted by Gasteiger charge is 2.42. The Labute approximate surface area is 185 Å². The molecule has 3 heterocycles. The van der Waals surface area contributed by atoms with Crippen molar-refractivity contribution >= 4 is 11.9 Å². The summed E-state index contributed by atoms with van der Waals surface area (Å²) in [6, 6.07) is 7.71. The lowest BCUT2D eigenvalue weighted by Gasteiger charge is -2.31. The second-order valence-electron chi connectivity index (χ2n) is 9.71. The molecule has 0 unspecified atom stereocenters. The fourth-order valence-corrected chi connectivity index (χ4v) is 4.54. The molecule has 1 atom stereocenters. The smallest absolute Gasteiger partial charge is 0.322 e. The van der Waals surface area contributed by atoms with Crippen molar-refractivity contribution in [2.24, 2.45) is 0 Å². The third-order valence-corrected chi connectivity index (χ3v) is 6.55. The third kappa shape index (κ3) is 4.48. The average Bonchev–Trinajstić information content (AvgIpc) is 3.08. The van der Waals surface area contributed by atoms with E-state index in [2.05, 4.69) is 43.1 Å². The molecule has 0 saturated carbocycles. The van der Waals surface area contributed by atoms with E-state index in [1.54, 1.807) is 11.9 Å². The van der Waals surface area contributed by atoms with Crippen LogP contribution in [0.3, 0.4) is 0 Å². The predicted molar refractivity (Wildman–Crippen MR) is 120 cm³/mol. The molecule has 1 fully saturated rings. The highest BCUT2D eigenvalue weighted by atomic mass is 16.5. The normalized spacial score (nSPS) is 22.8. The maximum Gasteiger partial charge on any atom is 0.322 e. The number of rotatable bonds is 5. The summed E-state index contributed by atoms with van der Waals surface area (Å²) in [7, 11) is 1.74. The van der Waals surface area contributed by atoms with Gasteiger partial charge in [0.2, 0.25) is 0 Å². The zero-order valence-electron chi connectivity index (χ0n) is 19.1. The Bertz CT molecular complexity index is 866. The zero-order chi connectivity index (χ0) is 22.2. The van der Waals surface area contributed by atoms with Crippen molar-refractivity contribution in [2.45, 2.75) is 38.6 Å². The topological polar surface area (TPSA) is 65.1 Å². The van der Waals surface area contributed by atoms with E-state index in [4.69, 9.17) is 4.74 Å². The van der Waals surface area contributed by atoms with Crippen molar-refractivity contribution < 1.29 is 14.3 Å². The zero-order valence-corrected chi connectivity index (χ0v) is 19.1. The largest absolute Gasteiger partial charge is 0.379 e. The molecule has 1 aromatic rings. The Balaban J connectivity index is 1.48. The van der Waals surface area contributed by atoms with Crippen LogP contribution >= 0.6 is 0 Å². The molecule has 31 heavy (non-hydrogen) atoms. The van der Waals surface area contributed by atoms with Crippen molar-refractivity contribution in [3.8, 4) is 0 Å². The van der Waals surface area contributed by atoms with Gasteiger partial charge in [-0.05, 0) is 23.0 Å². The van der Waals surface area contributed by atoms with Crippen LogP contribution in [0.15, 0.2) is 35.5 Å². The number of urea groups is 1. The Hall–Kier alpha value is -2.38. The van der Waals surface area contributed by atoms with E-state index < -0.39 is 6.04 Å². The van der Waals surface area contributed by atoms with E-state index in [0.29, 0.717) is 18.7 Å². The Morgan fingerprint density at radius 3 is 2.39 bits per heavy atom. The molecule has 1 aromatic carbocycles. The molecule has 1 N–H and O–H groups in total. The van der Waals surface area contributed by atoms with Crippen LogP contribution in [-0.2, 0) is 14.9 Å². The van der Waals surface area contributed by atoms with Gasteiger partial charge in [0.05, 0.1) is 37.1 Å². The van der Waals surface area contributed by atoms with Crippen LogP contribution < -0.4 is 5.32 Å². The van der Waals surface area contributed by atoms with Crippen LogP contribution in [0.1, 0.15) is 44.4 Å². The maximum absolute atomic E-state index is 13.3. The lowest BCUT2D eigenvalue weighted by atomic mass is 9.85. The molecular formula is C24H34N4O3. The highest BCUT2D eigenvalue weighted by Crippen LogP contribution is 2.36. The van der Waals surface area contributed by atoms with Crippen LogP contribution in [0.5, 0.6) is 0 Å². The molecule has 0 aromatic heterocycles. The number of hydrogen-bond acceptors (Lipinski definition) is 4. The standard InChI is InChI=1S/C24H34N4O3/c1-24(2,3)18-8-6-17(7-9-18)21-20-19(26(4)23(30)25-21)16-28(22(20)29)11-5-10-27-12-14-31-15-13-27/h6-9,21H,5,10-16H2,1-4H3,(H,25,30)/t21-/m0/s1. The minimum atomic E-state index is -0.399. The van der Waals surface area contributed by atoms with Gasteiger partial charge < -0.3 is 15.0 Å². The Morgan fingerprint density at radius 2 is 1.74 bits per heavy atom. The molecule has 0 spiro atoms. The number of likely N-dealkylation sites (N-methyl/N-ethyl adjacent to an activating group) is 1. The average molecular weight is 427 g/mol. The molecule has 0 radical (unpaired) electrons. The number of hydrogen-bond donors (Lipinski definition) is 1. The second-order valence-corrected chi connectivity index (χ2v) is 9.71. The van der Waals surface area contributed by atoms with Gasteiger partial charge in [-0.3, -0.25) is 14.6 Å². The van der Waals surface area contributed by atoms with E-state index in [1.165, 1.54) is 5.56 Å². The van der Waals surface area contributed by atoms with E-state index in [9.17, 15) is 9.59 Å². The molecule has 4 rings (SSSR count). The van der Waals surface area contributed by atoms with Gasteiger partial charge in [-0.15, -0.1) is 0 Å². The quantitative estimate of drug-likeness (QED) is 0.786. The van der Waals surface area contributed by atoms with E-state index in [-0.39, 0.29) is 17.4 Å².